The average Bonchev–Trinajstić information content (AvgIpc) is 3.28. The van der Waals surface area contributed by atoms with Gasteiger partial charge in [0.25, 0.3) is 0 Å². The Labute approximate surface area is 159 Å². The lowest BCUT2D eigenvalue weighted by molar-refractivity contribution is 0.263. The van der Waals surface area contributed by atoms with Gasteiger partial charge in [-0.1, -0.05) is 37.3 Å². The molecule has 0 aliphatic heterocycles. The summed E-state index contributed by atoms with van der Waals surface area (Å²) in [6.07, 6.45) is 2.53. The van der Waals surface area contributed by atoms with Gasteiger partial charge in [-0.15, -0.1) is 21.5 Å². The summed E-state index contributed by atoms with van der Waals surface area (Å²) < 4.78 is 1.95. The highest BCUT2D eigenvalue weighted by atomic mass is 32.2. The first-order chi connectivity index (χ1) is 12.8. The van der Waals surface area contributed by atoms with Gasteiger partial charge in [0.1, 0.15) is 22.8 Å². The molecule has 0 amide bonds. The summed E-state index contributed by atoms with van der Waals surface area (Å²) in [6, 6.07) is 12.4. The van der Waals surface area contributed by atoms with Gasteiger partial charge in [0.2, 0.25) is 0 Å². The number of nitrogens with zero attached hydrogens (tertiary/aromatic N) is 5. The van der Waals surface area contributed by atoms with Crippen LogP contribution in [0.25, 0.3) is 20.7 Å². The van der Waals surface area contributed by atoms with Crippen molar-refractivity contribution in [1.82, 2.24) is 24.7 Å². The van der Waals surface area contributed by atoms with Crippen molar-refractivity contribution < 1.29 is 5.11 Å². The molecule has 0 aliphatic rings. The van der Waals surface area contributed by atoms with E-state index in [2.05, 4.69) is 45.3 Å². The molecule has 0 saturated carbocycles. The van der Waals surface area contributed by atoms with Crippen LogP contribution >= 0.6 is 23.1 Å². The third-order valence-corrected chi connectivity index (χ3v) is 6.02. The van der Waals surface area contributed by atoms with Crippen LogP contribution in [-0.4, -0.2) is 29.8 Å². The van der Waals surface area contributed by atoms with Crippen LogP contribution in [0.4, 0.5) is 0 Å². The quantitative estimate of drug-likeness (QED) is 0.507. The van der Waals surface area contributed by atoms with Gasteiger partial charge in [0.15, 0.2) is 11.0 Å². The van der Waals surface area contributed by atoms with Crippen LogP contribution in [0.3, 0.4) is 0 Å². The standard InChI is InChI=1S/C18H17N5OS2/c1-2-8-23-15(10-24)21-22-18(23)26-17-13-9-14(12-6-4-3-5-7-12)25-16(13)19-11-20-17/h3-7,9,11,24H,2,8,10H2,1H3. The first kappa shape index (κ1) is 17.1. The van der Waals surface area contributed by atoms with Crippen LogP contribution in [0.1, 0.15) is 19.2 Å². The summed E-state index contributed by atoms with van der Waals surface area (Å²) >= 11 is 3.11. The van der Waals surface area contributed by atoms with Gasteiger partial charge in [-0.05, 0) is 29.8 Å². The second-order valence-electron chi connectivity index (χ2n) is 5.68. The molecule has 0 spiro atoms. The molecule has 0 unspecified atom stereocenters. The van der Waals surface area contributed by atoms with Gasteiger partial charge < -0.3 is 9.67 Å². The molecule has 4 rings (SSSR count). The van der Waals surface area contributed by atoms with E-state index in [0.29, 0.717) is 5.82 Å². The SMILES string of the molecule is CCCn1c(CO)nnc1Sc1ncnc2sc(-c3ccccc3)cc12. The number of aliphatic hydroxyl groups is 1. The Morgan fingerprint density at radius 1 is 1.15 bits per heavy atom. The maximum absolute atomic E-state index is 9.47. The molecule has 0 fully saturated rings. The lowest BCUT2D eigenvalue weighted by atomic mass is 10.2. The Morgan fingerprint density at radius 3 is 2.77 bits per heavy atom. The van der Waals surface area contributed by atoms with E-state index < -0.39 is 0 Å². The largest absolute Gasteiger partial charge is 0.388 e. The van der Waals surface area contributed by atoms with E-state index in [0.717, 1.165) is 38.2 Å². The highest BCUT2D eigenvalue weighted by molar-refractivity contribution is 7.99. The molecule has 0 atom stereocenters. The van der Waals surface area contributed by atoms with E-state index in [1.165, 1.54) is 17.3 Å². The Bertz CT molecular complexity index is 1030. The summed E-state index contributed by atoms with van der Waals surface area (Å²) in [4.78, 5) is 11.0. The minimum Gasteiger partial charge on any atom is -0.388 e. The molecular weight excluding hydrogens is 366 g/mol. The molecule has 3 aromatic heterocycles. The van der Waals surface area contributed by atoms with Crippen molar-refractivity contribution in [2.45, 2.75) is 36.7 Å². The molecule has 132 valence electrons. The number of rotatable bonds is 6. The van der Waals surface area contributed by atoms with Crippen LogP contribution in [-0.2, 0) is 13.2 Å². The fourth-order valence-corrected chi connectivity index (χ4v) is 4.70. The maximum Gasteiger partial charge on any atom is 0.197 e. The number of fused-ring (bicyclic) bond motifs is 1. The smallest absolute Gasteiger partial charge is 0.197 e. The predicted molar refractivity (Wildman–Crippen MR) is 103 cm³/mol. The van der Waals surface area contributed by atoms with Crippen molar-refractivity contribution in [2.24, 2.45) is 0 Å². The van der Waals surface area contributed by atoms with E-state index in [9.17, 15) is 5.11 Å². The van der Waals surface area contributed by atoms with Crippen molar-refractivity contribution in [2.75, 3.05) is 0 Å². The number of thiophene rings is 1. The van der Waals surface area contributed by atoms with Crippen LogP contribution in [0.2, 0.25) is 0 Å². The fourth-order valence-electron chi connectivity index (χ4n) is 2.71. The molecule has 8 heteroatoms. The van der Waals surface area contributed by atoms with Gasteiger partial charge in [0, 0.05) is 16.8 Å². The highest BCUT2D eigenvalue weighted by Gasteiger charge is 2.16. The lowest BCUT2D eigenvalue weighted by Crippen LogP contribution is -2.04. The van der Waals surface area contributed by atoms with Crippen molar-refractivity contribution >= 4 is 33.3 Å². The summed E-state index contributed by atoms with van der Waals surface area (Å²) in [5.74, 6) is 0.579. The van der Waals surface area contributed by atoms with Crippen LogP contribution < -0.4 is 0 Å². The zero-order chi connectivity index (χ0) is 17.9. The molecule has 4 aromatic rings. The second kappa shape index (κ2) is 7.53. The summed E-state index contributed by atoms with van der Waals surface area (Å²) in [7, 11) is 0. The Hall–Kier alpha value is -2.29. The minimum atomic E-state index is -0.122. The van der Waals surface area contributed by atoms with Crippen LogP contribution in [0.15, 0.2) is 52.9 Å². The van der Waals surface area contributed by atoms with E-state index in [-0.39, 0.29) is 6.61 Å². The number of aliphatic hydroxyl groups excluding tert-OH is 1. The Balaban J connectivity index is 1.74. The van der Waals surface area contributed by atoms with E-state index >= 15 is 0 Å². The maximum atomic E-state index is 9.47. The van der Waals surface area contributed by atoms with Gasteiger partial charge in [-0.25, -0.2) is 9.97 Å². The molecule has 26 heavy (non-hydrogen) atoms. The molecular formula is C18H17N5OS2. The monoisotopic (exact) mass is 383 g/mol. The van der Waals surface area contributed by atoms with E-state index in [1.807, 2.05) is 22.8 Å². The molecule has 6 nitrogen and oxygen atoms in total. The summed E-state index contributed by atoms with van der Waals surface area (Å²) in [5.41, 5.74) is 1.17. The average molecular weight is 384 g/mol. The van der Waals surface area contributed by atoms with Gasteiger partial charge in [-0.2, -0.15) is 0 Å². The summed E-state index contributed by atoms with van der Waals surface area (Å²) in [5, 5.41) is 20.4. The second-order valence-corrected chi connectivity index (χ2v) is 7.67. The van der Waals surface area contributed by atoms with Crippen molar-refractivity contribution in [3.8, 4) is 10.4 Å². The molecule has 1 N–H and O–H groups in total. The lowest BCUT2D eigenvalue weighted by Gasteiger charge is -2.07. The first-order valence-corrected chi connectivity index (χ1v) is 9.94. The zero-order valence-corrected chi connectivity index (χ0v) is 15.8. The number of hydrogen-bond acceptors (Lipinski definition) is 7. The Kier molecular flexibility index (Phi) is 4.96. The van der Waals surface area contributed by atoms with Crippen LogP contribution in [0.5, 0.6) is 0 Å². The topological polar surface area (TPSA) is 76.7 Å². The van der Waals surface area contributed by atoms with Crippen molar-refractivity contribution in [3.63, 3.8) is 0 Å². The summed E-state index contributed by atoms with van der Waals surface area (Å²) in [6.45, 7) is 2.73. The molecule has 1 aromatic carbocycles. The molecule has 3 heterocycles. The number of benzene rings is 1. The molecule has 0 bridgehead atoms. The van der Waals surface area contributed by atoms with E-state index in [4.69, 9.17) is 0 Å². The molecule has 0 radical (unpaired) electrons. The number of hydrogen-bond donors (Lipinski definition) is 1. The number of aromatic nitrogens is 5. The Morgan fingerprint density at radius 2 is 2.00 bits per heavy atom. The van der Waals surface area contributed by atoms with Crippen LogP contribution in [0, 0.1) is 0 Å². The normalized spacial score (nSPS) is 11.3. The highest BCUT2D eigenvalue weighted by Crippen LogP contribution is 2.37. The third kappa shape index (κ3) is 3.23. The van der Waals surface area contributed by atoms with Gasteiger partial charge >= 0.3 is 0 Å². The minimum absolute atomic E-state index is 0.122. The third-order valence-electron chi connectivity index (χ3n) is 3.92. The van der Waals surface area contributed by atoms with Gasteiger partial charge in [-0.3, -0.25) is 0 Å². The van der Waals surface area contributed by atoms with E-state index in [1.54, 1.807) is 17.7 Å². The van der Waals surface area contributed by atoms with Crippen molar-refractivity contribution in [1.29, 1.82) is 0 Å². The zero-order valence-electron chi connectivity index (χ0n) is 14.2. The predicted octanol–water partition coefficient (Wildman–Crippen LogP) is 4.00. The molecule has 0 aliphatic carbocycles. The molecule has 0 saturated heterocycles. The fraction of sp³-hybridized carbons (Fsp3) is 0.222. The first-order valence-electron chi connectivity index (χ1n) is 8.31. The van der Waals surface area contributed by atoms with Crippen molar-refractivity contribution in [3.05, 3.63) is 48.5 Å². The van der Waals surface area contributed by atoms with Gasteiger partial charge in [0.05, 0.1) is 0 Å².